The fourth-order valence-electron chi connectivity index (χ4n) is 6.74. The van der Waals surface area contributed by atoms with Gasteiger partial charge in [-0.2, -0.15) is 0 Å². The van der Waals surface area contributed by atoms with Gasteiger partial charge in [-0.15, -0.1) is 0 Å². The summed E-state index contributed by atoms with van der Waals surface area (Å²) in [6, 6.07) is 0. The molecule has 0 aromatic heterocycles. The Hall–Kier alpha value is -2.12. The van der Waals surface area contributed by atoms with Gasteiger partial charge in [0.25, 0.3) is 0 Å². The van der Waals surface area contributed by atoms with Gasteiger partial charge >= 0.3 is 12.1 Å². The second-order valence-electron chi connectivity index (χ2n) is 15.2. The molecule has 0 radical (unpaired) electrons. The van der Waals surface area contributed by atoms with Crippen LogP contribution in [0.3, 0.4) is 0 Å². The maximum atomic E-state index is 13.0. The molecule has 0 saturated carbocycles. The Bertz CT molecular complexity index is 1030. The summed E-state index contributed by atoms with van der Waals surface area (Å²) >= 11 is 0. The summed E-state index contributed by atoms with van der Waals surface area (Å²) in [7, 11) is 0. The number of hydrogen-bond acceptors (Lipinski definition) is 6. The highest BCUT2D eigenvalue weighted by Gasteiger charge is 2.46. The summed E-state index contributed by atoms with van der Waals surface area (Å²) in [6.45, 7) is 23.4. The van der Waals surface area contributed by atoms with Crippen molar-refractivity contribution in [3.05, 3.63) is 36.0 Å². The molecule has 9 atom stereocenters. The van der Waals surface area contributed by atoms with E-state index in [1.807, 2.05) is 13.0 Å². The number of cyclic esters (lactones) is 1. The first-order valence-electron chi connectivity index (χ1n) is 17.9. The Balaban J connectivity index is 1.65. The molecule has 1 amide bonds. The van der Waals surface area contributed by atoms with Crippen LogP contribution in [-0.4, -0.2) is 67.6 Å². The number of hydrogen-bond donors (Lipinski definition) is 1. The van der Waals surface area contributed by atoms with E-state index in [0.717, 1.165) is 44.5 Å². The maximum Gasteiger partial charge on any atom is 0.407 e. The van der Waals surface area contributed by atoms with Crippen molar-refractivity contribution in [3.63, 3.8) is 0 Å². The average Bonchev–Trinajstić information content (AvgIpc) is 3.52. The number of allylic oxidation sites excluding steroid dienone is 3. The molecule has 256 valence electrons. The highest BCUT2D eigenvalue weighted by molar-refractivity contribution is 5.70. The molecule has 0 spiro atoms. The van der Waals surface area contributed by atoms with Crippen LogP contribution in [0.25, 0.3) is 0 Å². The highest BCUT2D eigenvalue weighted by atomic mass is 16.6. The minimum atomic E-state index is -0.397. The van der Waals surface area contributed by atoms with E-state index >= 15 is 0 Å². The monoisotopic (exact) mass is 628 g/mol. The van der Waals surface area contributed by atoms with E-state index in [1.165, 1.54) is 19.3 Å². The maximum absolute atomic E-state index is 13.0. The zero-order chi connectivity index (χ0) is 33.1. The van der Waals surface area contributed by atoms with Crippen LogP contribution in [0.5, 0.6) is 0 Å². The van der Waals surface area contributed by atoms with Crippen LogP contribution in [0.15, 0.2) is 36.0 Å². The number of epoxide rings is 1. The van der Waals surface area contributed by atoms with Crippen molar-refractivity contribution in [3.8, 4) is 0 Å². The molecule has 7 heteroatoms. The smallest absolute Gasteiger partial charge is 0.407 e. The van der Waals surface area contributed by atoms with E-state index in [9.17, 15) is 9.59 Å². The molecule has 2 saturated heterocycles. The summed E-state index contributed by atoms with van der Waals surface area (Å²) in [5, 5.41) is 2.95. The van der Waals surface area contributed by atoms with Crippen LogP contribution >= 0.6 is 0 Å². The number of rotatable bonds is 12. The Morgan fingerprint density at radius 2 is 1.87 bits per heavy atom. The SMILES string of the molecule is CCC(C)C(C)C1OC1CC(C)(C)/C=C/C=C(\C)C1OC(=O)CC(C)CCC(C)C(OC(=O)NCCN2CCCC2)/C=C/C1C. The van der Waals surface area contributed by atoms with E-state index in [4.69, 9.17) is 14.2 Å². The third-order valence-corrected chi connectivity index (χ3v) is 10.4. The average molecular weight is 629 g/mol. The zero-order valence-electron chi connectivity index (χ0n) is 29.8. The molecule has 0 aromatic rings. The summed E-state index contributed by atoms with van der Waals surface area (Å²) in [5.41, 5.74) is 0.985. The second-order valence-corrected chi connectivity index (χ2v) is 15.2. The number of nitrogens with zero attached hydrogens (tertiary/aromatic N) is 1. The minimum absolute atomic E-state index is 0.00869. The number of likely N-dealkylation sites (tertiary alicyclic amines) is 1. The van der Waals surface area contributed by atoms with Crippen LogP contribution < -0.4 is 5.32 Å². The molecule has 0 bridgehead atoms. The van der Waals surface area contributed by atoms with Gasteiger partial charge in [0.05, 0.1) is 12.2 Å². The minimum Gasteiger partial charge on any atom is -0.457 e. The first-order valence-corrected chi connectivity index (χ1v) is 17.9. The number of amides is 1. The van der Waals surface area contributed by atoms with Gasteiger partial charge in [-0.3, -0.25) is 4.79 Å². The van der Waals surface area contributed by atoms with Crippen molar-refractivity contribution >= 4 is 12.1 Å². The number of carbonyl (C=O) groups is 2. The topological polar surface area (TPSA) is 80.4 Å². The molecule has 3 aliphatic heterocycles. The first-order chi connectivity index (χ1) is 21.3. The zero-order valence-corrected chi connectivity index (χ0v) is 29.8. The van der Waals surface area contributed by atoms with E-state index in [-0.39, 0.29) is 41.3 Å². The van der Waals surface area contributed by atoms with Crippen LogP contribution in [0.2, 0.25) is 0 Å². The van der Waals surface area contributed by atoms with E-state index < -0.39 is 6.10 Å². The lowest BCUT2D eigenvalue weighted by molar-refractivity contribution is -0.149. The van der Waals surface area contributed by atoms with Gasteiger partial charge < -0.3 is 24.4 Å². The molecule has 0 aromatic carbocycles. The summed E-state index contributed by atoms with van der Waals surface area (Å²) in [5.74, 6) is 1.34. The molecule has 45 heavy (non-hydrogen) atoms. The van der Waals surface area contributed by atoms with Gasteiger partial charge in [-0.1, -0.05) is 86.1 Å². The highest BCUT2D eigenvalue weighted by Crippen LogP contribution is 2.41. The Morgan fingerprint density at radius 1 is 1.16 bits per heavy atom. The van der Waals surface area contributed by atoms with Gasteiger partial charge in [0, 0.05) is 25.4 Å². The Morgan fingerprint density at radius 3 is 2.56 bits per heavy atom. The van der Waals surface area contributed by atoms with Crippen molar-refractivity contribution in [2.45, 2.75) is 132 Å². The van der Waals surface area contributed by atoms with E-state index in [1.54, 1.807) is 0 Å². The van der Waals surface area contributed by atoms with Gasteiger partial charge in [-0.05, 0) is 92.9 Å². The third-order valence-electron chi connectivity index (χ3n) is 10.4. The second kappa shape index (κ2) is 17.7. The number of esters is 1. The normalized spacial score (nSPS) is 32.7. The summed E-state index contributed by atoms with van der Waals surface area (Å²) < 4.78 is 18.2. The molecular weight excluding hydrogens is 564 g/mol. The quantitative estimate of drug-likeness (QED) is 0.102. The predicted molar refractivity (Wildman–Crippen MR) is 183 cm³/mol. The Labute approximate surface area is 274 Å². The van der Waals surface area contributed by atoms with Crippen LogP contribution in [0.4, 0.5) is 4.79 Å². The predicted octanol–water partition coefficient (Wildman–Crippen LogP) is 8.11. The first kappa shape index (κ1) is 37.3. The Kier molecular flexibility index (Phi) is 14.7. The van der Waals surface area contributed by atoms with Crippen molar-refractivity contribution in [1.29, 1.82) is 0 Å². The van der Waals surface area contributed by atoms with Crippen molar-refractivity contribution < 1.29 is 23.8 Å². The standard InChI is InChI=1S/C38H64N2O5/c1-10-27(3)31(7)36-33(43-36)25-38(8,9)19-13-14-29(5)35-30(6)17-18-32(28(4)16-15-26(2)24-34(41)45-35)44-37(42)39-20-23-40-21-11-12-22-40/h13-14,17-19,26-28,30-33,35-36H,10-12,15-16,20-25H2,1-9H3,(H,39,42)/b18-17+,19-13+,29-14+. The van der Waals surface area contributed by atoms with Crippen molar-refractivity contribution in [1.82, 2.24) is 10.2 Å². The van der Waals surface area contributed by atoms with Crippen LogP contribution in [0, 0.1) is 35.0 Å². The van der Waals surface area contributed by atoms with Gasteiger partial charge in [-0.25, -0.2) is 4.79 Å². The lowest BCUT2D eigenvalue weighted by atomic mass is 9.83. The van der Waals surface area contributed by atoms with Gasteiger partial charge in [0.1, 0.15) is 12.2 Å². The molecule has 3 heterocycles. The fourth-order valence-corrected chi connectivity index (χ4v) is 6.74. The molecule has 7 nitrogen and oxygen atoms in total. The number of alkyl carbamates (subject to hydrolysis) is 1. The van der Waals surface area contributed by atoms with E-state index in [0.29, 0.717) is 37.0 Å². The molecular formula is C38H64N2O5. The van der Waals surface area contributed by atoms with Crippen LogP contribution in [-0.2, 0) is 19.0 Å². The number of nitrogens with one attached hydrogen (secondary N) is 1. The molecule has 0 aliphatic carbocycles. The van der Waals surface area contributed by atoms with Gasteiger partial charge in [0.15, 0.2) is 0 Å². The third kappa shape index (κ3) is 12.5. The summed E-state index contributed by atoms with van der Waals surface area (Å²) in [6.07, 6.45) is 16.8. The van der Waals surface area contributed by atoms with Crippen molar-refractivity contribution in [2.24, 2.45) is 35.0 Å². The lowest BCUT2D eigenvalue weighted by Crippen LogP contribution is -2.36. The lowest BCUT2D eigenvalue weighted by Gasteiger charge is -2.27. The molecule has 3 aliphatic rings. The number of ether oxygens (including phenoxy) is 3. The van der Waals surface area contributed by atoms with Crippen molar-refractivity contribution in [2.75, 3.05) is 26.2 Å². The van der Waals surface area contributed by atoms with Crippen LogP contribution in [0.1, 0.15) is 107 Å². The fraction of sp³-hybridized carbons (Fsp3) is 0.789. The largest absolute Gasteiger partial charge is 0.457 e. The molecule has 2 fully saturated rings. The van der Waals surface area contributed by atoms with E-state index in [2.05, 4.69) is 89.9 Å². The molecule has 1 N–H and O–H groups in total. The molecule has 3 rings (SSSR count). The summed E-state index contributed by atoms with van der Waals surface area (Å²) in [4.78, 5) is 28.1. The molecule has 9 unspecified atom stereocenters. The van der Waals surface area contributed by atoms with Gasteiger partial charge in [0.2, 0.25) is 0 Å². The number of carbonyl (C=O) groups excluding carboxylic acids is 2.